The fourth-order valence-electron chi connectivity index (χ4n) is 9.89. The van der Waals surface area contributed by atoms with E-state index in [1.54, 1.807) is 20.3 Å². The van der Waals surface area contributed by atoms with E-state index in [9.17, 15) is 14.4 Å². The number of fused-ring (bicyclic) bond motifs is 10. The average molecular weight is 826 g/mol. The molecule has 4 bridgehead atoms. The van der Waals surface area contributed by atoms with Crippen molar-refractivity contribution in [1.29, 1.82) is 0 Å². The SMILES string of the molecule is COc1ccc(/C=C2/C(=O)C=C[C@@H]2C)cc1.COc1ccc(/C=C2/C(=O)[C@@H]3[C@H]([C@@H]2C)[C@H]2C=C[C@@H]3C2)cc1.C[Si](C)(C)C1=C[C@H]2[C@@H](C1=O)[C@@H]1C=C[C@H]2C1.[CH3][Al]([Cl])[Cl]. The summed E-state index contributed by atoms with van der Waals surface area (Å²) in [4.78, 5) is 36.7. The van der Waals surface area contributed by atoms with Gasteiger partial charge in [0.2, 0.25) is 0 Å². The van der Waals surface area contributed by atoms with Gasteiger partial charge in [-0.2, -0.15) is 0 Å². The number of Topliss-reactive ketones (excluding diaryl/α,β-unsaturated/α-hetero) is 2. The molecule has 0 unspecified atom stereocenters. The maximum atomic E-state index is 12.8. The predicted molar refractivity (Wildman–Crippen MR) is 235 cm³/mol. The van der Waals surface area contributed by atoms with Gasteiger partial charge in [0.15, 0.2) is 17.3 Å². The third kappa shape index (κ3) is 9.09. The van der Waals surface area contributed by atoms with Crippen molar-refractivity contribution in [3.63, 3.8) is 0 Å². The molecule has 0 radical (unpaired) electrons. The number of halogens is 2. The molecular formula is C47H55AlCl2O5Si. The highest BCUT2D eigenvalue weighted by atomic mass is 35.7. The molecule has 7 aliphatic carbocycles. The van der Waals surface area contributed by atoms with E-state index in [1.807, 2.05) is 73.4 Å². The monoisotopic (exact) mass is 824 g/mol. The van der Waals surface area contributed by atoms with Crippen molar-refractivity contribution in [2.24, 2.45) is 59.2 Å². The summed E-state index contributed by atoms with van der Waals surface area (Å²) in [5, 5.41) is 1.22. The lowest BCUT2D eigenvalue weighted by molar-refractivity contribution is -0.119. The molecule has 10 atom stereocenters. The molecule has 0 spiro atoms. The number of ether oxygens (including phenoxy) is 2. The van der Waals surface area contributed by atoms with Crippen molar-refractivity contribution in [2.45, 2.75) is 52.1 Å². The summed E-state index contributed by atoms with van der Waals surface area (Å²) in [6, 6.07) is 15.6. The first-order valence-corrected chi connectivity index (χ1v) is 28.1. The Balaban J connectivity index is 0.000000138. The number of hydrogen-bond donors (Lipinski definition) is 0. The summed E-state index contributed by atoms with van der Waals surface area (Å²) in [5.74, 6) is 9.16. The van der Waals surface area contributed by atoms with Crippen molar-refractivity contribution < 1.29 is 23.9 Å². The molecule has 2 aromatic carbocycles. The van der Waals surface area contributed by atoms with Crippen molar-refractivity contribution in [1.82, 2.24) is 0 Å². The summed E-state index contributed by atoms with van der Waals surface area (Å²) in [5.41, 5.74) is 3.99. The van der Waals surface area contributed by atoms with Gasteiger partial charge < -0.3 is 9.47 Å². The minimum absolute atomic E-state index is 0.114. The lowest BCUT2D eigenvalue weighted by atomic mass is 9.81. The zero-order chi connectivity index (χ0) is 40.5. The quantitative estimate of drug-likeness (QED) is 0.171. The lowest BCUT2D eigenvalue weighted by Crippen LogP contribution is -2.31. The Kier molecular flexibility index (Phi) is 13.5. The normalized spacial score (nSPS) is 32.4. The van der Waals surface area contributed by atoms with E-state index in [-0.39, 0.29) is 17.6 Å². The van der Waals surface area contributed by atoms with Crippen LogP contribution in [0.4, 0.5) is 0 Å². The maximum absolute atomic E-state index is 12.8. The Bertz CT molecular complexity index is 1980. The highest BCUT2D eigenvalue weighted by Gasteiger charge is 2.56. The first-order valence-electron chi connectivity index (χ1n) is 20.0. The van der Waals surface area contributed by atoms with E-state index in [4.69, 9.17) is 29.6 Å². The molecule has 3 fully saturated rings. The Morgan fingerprint density at radius 1 is 0.679 bits per heavy atom. The molecule has 56 heavy (non-hydrogen) atoms. The van der Waals surface area contributed by atoms with Gasteiger partial charge in [0, 0.05) is 23.3 Å². The molecule has 0 N–H and O–H groups in total. The Labute approximate surface area is 347 Å². The van der Waals surface area contributed by atoms with Crippen LogP contribution in [0.2, 0.25) is 25.4 Å². The number of benzene rings is 2. The molecular weight excluding hydrogens is 770 g/mol. The molecule has 0 heterocycles. The number of hydrogen-bond acceptors (Lipinski definition) is 5. The summed E-state index contributed by atoms with van der Waals surface area (Å²) in [7, 11) is 12.3. The highest BCUT2D eigenvalue weighted by molar-refractivity contribution is 7.33. The van der Waals surface area contributed by atoms with Crippen molar-refractivity contribution in [3.05, 3.63) is 119 Å². The third-order valence-electron chi connectivity index (χ3n) is 12.6. The molecule has 0 amide bonds. The van der Waals surface area contributed by atoms with E-state index in [1.165, 1.54) is 18.0 Å². The van der Waals surface area contributed by atoms with Crippen LogP contribution in [0.5, 0.6) is 11.5 Å². The summed E-state index contributed by atoms with van der Waals surface area (Å²) < 4.78 is 10.3. The molecule has 9 heteroatoms. The molecule has 9 rings (SSSR count). The van der Waals surface area contributed by atoms with Gasteiger partial charge in [-0.05, 0) is 119 Å². The molecule has 0 saturated heterocycles. The number of ketones is 3. The van der Waals surface area contributed by atoms with Crippen molar-refractivity contribution in [2.75, 3.05) is 14.2 Å². The minimum Gasteiger partial charge on any atom is -0.497 e. The molecule has 3 saturated carbocycles. The largest absolute Gasteiger partial charge is 0.516 e. The van der Waals surface area contributed by atoms with Crippen LogP contribution in [-0.4, -0.2) is 51.9 Å². The zero-order valence-electron chi connectivity index (χ0n) is 33.9. The minimum atomic E-state index is -1.40. The number of carbonyl (C=O) groups is 3. The van der Waals surface area contributed by atoms with Crippen molar-refractivity contribution in [3.8, 4) is 11.5 Å². The Hall–Kier alpha value is -3.18. The highest BCUT2D eigenvalue weighted by Crippen LogP contribution is 2.58. The first kappa shape index (κ1) is 42.4. The van der Waals surface area contributed by atoms with Crippen LogP contribution >= 0.6 is 20.1 Å². The third-order valence-corrected chi connectivity index (χ3v) is 14.6. The lowest BCUT2D eigenvalue weighted by Gasteiger charge is -2.21. The zero-order valence-corrected chi connectivity index (χ0v) is 37.5. The van der Waals surface area contributed by atoms with Gasteiger partial charge >= 0.3 is 12.3 Å². The van der Waals surface area contributed by atoms with E-state index >= 15 is 0 Å². The van der Waals surface area contributed by atoms with Crippen molar-refractivity contribution >= 4 is 70.0 Å². The van der Waals surface area contributed by atoms with Crippen LogP contribution in [0.1, 0.15) is 37.8 Å². The van der Waals surface area contributed by atoms with Gasteiger partial charge in [0.25, 0.3) is 0 Å². The molecule has 7 aliphatic rings. The summed E-state index contributed by atoms with van der Waals surface area (Å²) in [6.45, 7) is 11.1. The smallest absolute Gasteiger partial charge is 0.497 e. The fourth-order valence-corrected chi connectivity index (χ4v) is 11.5. The van der Waals surface area contributed by atoms with Gasteiger partial charge in [0.1, 0.15) is 11.5 Å². The Morgan fingerprint density at radius 2 is 1.16 bits per heavy atom. The fraction of sp³-hybridized carbons (Fsp3) is 0.426. The van der Waals surface area contributed by atoms with Crippen LogP contribution in [0, 0.1) is 59.2 Å². The van der Waals surface area contributed by atoms with Crippen LogP contribution in [0.15, 0.2) is 107 Å². The van der Waals surface area contributed by atoms with Crippen LogP contribution in [0.25, 0.3) is 12.2 Å². The molecule has 0 aliphatic heterocycles. The predicted octanol–water partition coefficient (Wildman–Crippen LogP) is 11.0. The number of carbonyl (C=O) groups excluding carboxylic acids is 3. The number of methoxy groups -OCH3 is 2. The van der Waals surface area contributed by atoms with Gasteiger partial charge in [-0.25, -0.2) is 20.1 Å². The van der Waals surface area contributed by atoms with Gasteiger partial charge in [-0.15, -0.1) is 0 Å². The maximum Gasteiger partial charge on any atom is 0.516 e. The Morgan fingerprint density at radius 3 is 1.62 bits per heavy atom. The second-order valence-corrected chi connectivity index (χ2v) is 27.9. The standard InChI is InChI=1S/C19H20O2.C14H14O2.C13H18OSi.CH3.Al.2ClH/c1-11-16(9-12-3-7-15(21-2)8-4-12)19(20)18-14-6-5-13(10-14)17(11)18;1-10-3-8-14(15)13(10)9-11-4-6-12(16-2)7-5-11;1-15(2,3)11-7-10-8-4-5-9(6-8)12(10)13(11)14;;;;/h3-9,11,13-14,17-18H,10H2,1-2H3;3-10H,1-2H3;4-5,7-10,12H,6H2,1-3H3;1H3;;2*1H/q;;;;+2;;/p-2/b16-9+;13-9+;;;;;/t11-,13+,14-,17-,18+;10-;8-,9+,10+,12-;;;;/m100..../s1. The molecule has 0 aromatic heterocycles. The topological polar surface area (TPSA) is 69.7 Å². The van der Waals surface area contributed by atoms with Crippen LogP contribution < -0.4 is 9.47 Å². The van der Waals surface area contributed by atoms with E-state index < -0.39 is 20.4 Å². The number of allylic oxidation sites excluding steroid dienone is 10. The summed E-state index contributed by atoms with van der Waals surface area (Å²) >= 11 is -1.19. The second-order valence-electron chi connectivity index (χ2n) is 17.2. The first-order chi connectivity index (χ1) is 26.6. The molecule has 5 nitrogen and oxygen atoms in total. The second kappa shape index (κ2) is 17.8. The van der Waals surface area contributed by atoms with E-state index in [2.05, 4.69) is 63.0 Å². The van der Waals surface area contributed by atoms with Crippen LogP contribution in [0.3, 0.4) is 0 Å². The van der Waals surface area contributed by atoms with Crippen LogP contribution in [-0.2, 0) is 14.4 Å². The number of rotatable bonds is 5. The molecule has 294 valence electrons. The van der Waals surface area contributed by atoms with E-state index in [0.717, 1.165) is 33.8 Å². The molecule has 2 aromatic rings. The average Bonchev–Trinajstić information content (AvgIpc) is 4.05. The summed E-state index contributed by atoms with van der Waals surface area (Å²) in [6.07, 6.45) is 21.6. The van der Waals surface area contributed by atoms with Gasteiger partial charge in [0.05, 0.1) is 22.3 Å². The van der Waals surface area contributed by atoms with Gasteiger partial charge in [-0.1, -0.05) is 100.0 Å². The van der Waals surface area contributed by atoms with Gasteiger partial charge in [-0.3, -0.25) is 14.4 Å². The van der Waals surface area contributed by atoms with E-state index in [0.29, 0.717) is 58.9 Å².